The average molecular weight is 301 g/mol. The van der Waals surface area contributed by atoms with E-state index in [4.69, 9.17) is 4.74 Å². The van der Waals surface area contributed by atoms with Crippen molar-refractivity contribution in [1.82, 2.24) is 5.32 Å². The van der Waals surface area contributed by atoms with Gasteiger partial charge in [0.05, 0.1) is 11.6 Å². The molecule has 0 aromatic heterocycles. The molecule has 1 aromatic rings. The third kappa shape index (κ3) is 5.41. The fourth-order valence-electron chi connectivity index (χ4n) is 1.41. The van der Waals surface area contributed by atoms with Crippen LogP contribution in [0.1, 0.15) is 20.8 Å². The summed E-state index contributed by atoms with van der Waals surface area (Å²) < 4.78 is 6.21. The van der Waals surface area contributed by atoms with Crippen molar-refractivity contribution < 1.29 is 4.74 Å². The van der Waals surface area contributed by atoms with Crippen molar-refractivity contribution in [1.29, 1.82) is 0 Å². The quantitative estimate of drug-likeness (QED) is 0.819. The predicted molar refractivity (Wildman–Crippen MR) is 76.9 cm³/mol. The van der Waals surface area contributed by atoms with E-state index in [0.29, 0.717) is 0 Å². The maximum Gasteiger partial charge on any atom is 0.135 e. The molecule has 1 rings (SSSR count). The Hall–Kier alpha value is -0.740. The summed E-state index contributed by atoms with van der Waals surface area (Å²) in [5, 5.41) is 6.78. The number of ether oxygens (including phenoxy) is 1. The van der Waals surface area contributed by atoms with Crippen molar-refractivity contribution in [3.05, 3.63) is 22.7 Å². The van der Waals surface area contributed by atoms with Crippen molar-refractivity contribution in [2.75, 3.05) is 25.5 Å². The highest BCUT2D eigenvalue weighted by Crippen LogP contribution is 2.27. The Morgan fingerprint density at radius 2 is 1.94 bits per heavy atom. The lowest BCUT2D eigenvalue weighted by molar-refractivity contribution is 0.412. The predicted octanol–water partition coefficient (Wildman–Crippen LogP) is 3.26. The van der Waals surface area contributed by atoms with Crippen molar-refractivity contribution in [2.45, 2.75) is 26.3 Å². The number of rotatable bonds is 5. The lowest BCUT2D eigenvalue weighted by atomic mass is 10.1. The van der Waals surface area contributed by atoms with Crippen LogP contribution in [-0.4, -0.2) is 25.7 Å². The summed E-state index contributed by atoms with van der Waals surface area (Å²) >= 11 is 3.43. The Morgan fingerprint density at radius 3 is 2.53 bits per heavy atom. The molecule has 0 aliphatic rings. The number of benzene rings is 1. The van der Waals surface area contributed by atoms with E-state index in [2.05, 4.69) is 47.3 Å². The Bertz CT molecular complexity index is 361. The summed E-state index contributed by atoms with van der Waals surface area (Å²) in [5.41, 5.74) is 1.24. The SMILES string of the molecule is COc1cc(NCCNC(C)(C)C)ccc1Br. The fraction of sp³-hybridized carbons (Fsp3) is 0.538. The molecule has 2 N–H and O–H groups in total. The summed E-state index contributed by atoms with van der Waals surface area (Å²) in [4.78, 5) is 0. The van der Waals surface area contributed by atoms with E-state index in [9.17, 15) is 0 Å². The van der Waals surface area contributed by atoms with E-state index in [1.807, 2.05) is 18.2 Å². The van der Waals surface area contributed by atoms with Gasteiger partial charge in [-0.15, -0.1) is 0 Å². The highest BCUT2D eigenvalue weighted by atomic mass is 79.9. The molecule has 0 amide bonds. The number of halogens is 1. The summed E-state index contributed by atoms with van der Waals surface area (Å²) in [5.74, 6) is 0.846. The summed E-state index contributed by atoms with van der Waals surface area (Å²) in [6, 6.07) is 6.00. The molecule has 0 spiro atoms. The smallest absolute Gasteiger partial charge is 0.135 e. The van der Waals surface area contributed by atoms with Crippen molar-refractivity contribution >= 4 is 21.6 Å². The van der Waals surface area contributed by atoms with E-state index in [1.54, 1.807) is 7.11 Å². The van der Waals surface area contributed by atoms with Gasteiger partial charge in [-0.2, -0.15) is 0 Å². The van der Waals surface area contributed by atoms with Gasteiger partial charge >= 0.3 is 0 Å². The maximum atomic E-state index is 5.24. The Labute approximate surface area is 112 Å². The second-order valence-electron chi connectivity index (χ2n) is 4.95. The van der Waals surface area contributed by atoms with Gasteiger partial charge in [-0.3, -0.25) is 0 Å². The third-order valence-corrected chi connectivity index (χ3v) is 2.92. The summed E-state index contributed by atoms with van der Waals surface area (Å²) in [7, 11) is 1.67. The summed E-state index contributed by atoms with van der Waals surface area (Å²) in [6.45, 7) is 8.31. The van der Waals surface area contributed by atoms with Crippen LogP contribution in [0.4, 0.5) is 5.69 Å². The van der Waals surface area contributed by atoms with Crippen LogP contribution in [-0.2, 0) is 0 Å². The average Bonchev–Trinajstić information content (AvgIpc) is 2.25. The Kier molecular flexibility index (Phi) is 5.28. The van der Waals surface area contributed by atoms with E-state index >= 15 is 0 Å². The zero-order chi connectivity index (χ0) is 12.9. The molecule has 0 aliphatic carbocycles. The first-order valence-corrected chi connectivity index (χ1v) is 6.54. The third-order valence-electron chi connectivity index (χ3n) is 2.26. The molecule has 0 aliphatic heterocycles. The first-order chi connectivity index (χ1) is 7.92. The zero-order valence-electron chi connectivity index (χ0n) is 10.9. The first-order valence-electron chi connectivity index (χ1n) is 5.75. The maximum absolute atomic E-state index is 5.24. The van der Waals surface area contributed by atoms with E-state index in [0.717, 1.165) is 29.0 Å². The number of anilines is 1. The van der Waals surface area contributed by atoms with E-state index in [1.165, 1.54) is 0 Å². The minimum absolute atomic E-state index is 0.166. The van der Waals surface area contributed by atoms with Crippen LogP contribution in [0, 0.1) is 0 Å². The number of nitrogens with one attached hydrogen (secondary N) is 2. The summed E-state index contributed by atoms with van der Waals surface area (Å²) in [6.07, 6.45) is 0. The molecule has 4 heteroatoms. The molecule has 0 fully saturated rings. The second kappa shape index (κ2) is 6.26. The van der Waals surface area contributed by atoms with Crippen LogP contribution >= 0.6 is 15.9 Å². The molecule has 96 valence electrons. The van der Waals surface area contributed by atoms with Crippen LogP contribution in [0.2, 0.25) is 0 Å². The van der Waals surface area contributed by atoms with E-state index < -0.39 is 0 Å². The molecule has 1 aromatic carbocycles. The first kappa shape index (κ1) is 14.3. The van der Waals surface area contributed by atoms with Crippen molar-refractivity contribution in [2.24, 2.45) is 0 Å². The number of hydrogen-bond acceptors (Lipinski definition) is 3. The van der Waals surface area contributed by atoms with Gasteiger partial charge in [0.15, 0.2) is 0 Å². The van der Waals surface area contributed by atoms with Crippen LogP contribution in [0.25, 0.3) is 0 Å². The lowest BCUT2D eigenvalue weighted by Crippen LogP contribution is -2.38. The van der Waals surface area contributed by atoms with Gasteiger partial charge in [-0.25, -0.2) is 0 Å². The molecular formula is C13H21BrN2O. The van der Waals surface area contributed by atoms with Crippen LogP contribution in [0.15, 0.2) is 22.7 Å². The zero-order valence-corrected chi connectivity index (χ0v) is 12.5. The monoisotopic (exact) mass is 300 g/mol. The molecule has 0 unspecified atom stereocenters. The molecular weight excluding hydrogens is 280 g/mol. The van der Waals surface area contributed by atoms with Crippen LogP contribution < -0.4 is 15.4 Å². The van der Waals surface area contributed by atoms with Crippen LogP contribution in [0.5, 0.6) is 5.75 Å². The van der Waals surface area contributed by atoms with Crippen molar-refractivity contribution in [3.63, 3.8) is 0 Å². The molecule has 0 saturated heterocycles. The normalized spacial score (nSPS) is 11.4. The molecule has 0 saturated carbocycles. The van der Waals surface area contributed by atoms with Crippen molar-refractivity contribution in [3.8, 4) is 5.75 Å². The van der Waals surface area contributed by atoms with E-state index in [-0.39, 0.29) is 5.54 Å². The molecule has 0 heterocycles. The van der Waals surface area contributed by atoms with Gasteiger partial charge in [0.25, 0.3) is 0 Å². The Morgan fingerprint density at radius 1 is 1.24 bits per heavy atom. The number of hydrogen-bond donors (Lipinski definition) is 2. The number of methoxy groups -OCH3 is 1. The molecule has 0 bridgehead atoms. The lowest BCUT2D eigenvalue weighted by Gasteiger charge is -2.20. The van der Waals surface area contributed by atoms with Gasteiger partial charge in [0.1, 0.15) is 5.75 Å². The highest BCUT2D eigenvalue weighted by Gasteiger charge is 2.07. The Balaban J connectivity index is 2.42. The minimum Gasteiger partial charge on any atom is -0.495 e. The standard InChI is InChI=1S/C13H21BrN2O/c1-13(2,3)16-8-7-15-10-5-6-11(14)12(9-10)17-4/h5-6,9,15-16H,7-8H2,1-4H3. The fourth-order valence-corrected chi connectivity index (χ4v) is 1.82. The van der Waals surface area contributed by atoms with Gasteiger partial charge in [0, 0.05) is 30.4 Å². The molecule has 17 heavy (non-hydrogen) atoms. The van der Waals surface area contributed by atoms with Crippen LogP contribution in [0.3, 0.4) is 0 Å². The second-order valence-corrected chi connectivity index (χ2v) is 5.81. The van der Waals surface area contributed by atoms with Gasteiger partial charge in [-0.1, -0.05) is 0 Å². The molecule has 3 nitrogen and oxygen atoms in total. The minimum atomic E-state index is 0.166. The largest absolute Gasteiger partial charge is 0.495 e. The van der Waals surface area contributed by atoms with Gasteiger partial charge in [0.2, 0.25) is 0 Å². The molecule has 0 radical (unpaired) electrons. The van der Waals surface area contributed by atoms with Gasteiger partial charge in [-0.05, 0) is 48.8 Å². The highest BCUT2D eigenvalue weighted by molar-refractivity contribution is 9.10. The molecule has 0 atom stereocenters. The topological polar surface area (TPSA) is 33.3 Å². The van der Waals surface area contributed by atoms with Gasteiger partial charge < -0.3 is 15.4 Å².